The molecule has 0 aliphatic carbocycles. The Labute approximate surface area is 108 Å². The van der Waals surface area contributed by atoms with Crippen LogP contribution < -0.4 is 0 Å². The van der Waals surface area contributed by atoms with E-state index in [-0.39, 0.29) is 11.4 Å². The Hall–Kier alpha value is -2.96. The van der Waals surface area contributed by atoms with Crippen LogP contribution in [0.15, 0.2) is 54.6 Å². The number of nitrogens with zero attached hydrogens (tertiary/aromatic N) is 2. The maximum absolute atomic E-state index is 10.2. The number of nitro groups is 2. The van der Waals surface area contributed by atoms with Crippen LogP contribution in [0.1, 0.15) is 0 Å². The highest BCUT2D eigenvalue weighted by Crippen LogP contribution is 2.18. The normalized spacial score (nSPS) is 9.05. The van der Waals surface area contributed by atoms with Crippen molar-refractivity contribution in [3.8, 4) is 5.75 Å². The minimum absolute atomic E-state index is 0.274. The number of hydrogen-bond acceptors (Lipinski definition) is 5. The Bertz CT molecular complexity index is 542. The Kier molecular flexibility index (Phi) is 4.97. The number of phenolic OH excluding ortho intramolecular Hbond substituents is 1. The molecule has 2 rings (SSSR count). The standard InChI is InChI=1S/C6H4N2O4.C6H6O/c9-7(10)5-2-1-3-6(4-5)8(11)12;7-6-4-2-1-3-5-6/h1-4H;1-5,7H. The van der Waals surface area contributed by atoms with Gasteiger partial charge in [-0.25, -0.2) is 0 Å². The van der Waals surface area contributed by atoms with E-state index in [1.54, 1.807) is 24.3 Å². The van der Waals surface area contributed by atoms with Gasteiger partial charge in [0, 0.05) is 12.1 Å². The molecule has 0 aliphatic heterocycles. The second kappa shape index (κ2) is 6.70. The van der Waals surface area contributed by atoms with Crippen molar-refractivity contribution in [1.29, 1.82) is 0 Å². The SMILES string of the molecule is O=[N+]([O-])c1cccc([N+](=O)[O-])c1.Oc1ccccc1. The van der Waals surface area contributed by atoms with Crippen LogP contribution in [0.2, 0.25) is 0 Å². The third-order valence-electron chi connectivity index (χ3n) is 2.01. The molecule has 7 nitrogen and oxygen atoms in total. The van der Waals surface area contributed by atoms with Crippen LogP contribution in [-0.4, -0.2) is 15.0 Å². The van der Waals surface area contributed by atoms with Crippen LogP contribution in [0.5, 0.6) is 5.75 Å². The van der Waals surface area contributed by atoms with Gasteiger partial charge in [-0.15, -0.1) is 0 Å². The number of para-hydroxylation sites is 1. The summed E-state index contributed by atoms with van der Waals surface area (Å²) in [4.78, 5) is 19.0. The summed E-state index contributed by atoms with van der Waals surface area (Å²) in [7, 11) is 0. The number of phenols is 1. The highest BCUT2D eigenvalue weighted by Gasteiger charge is 2.11. The van der Waals surface area contributed by atoms with E-state index < -0.39 is 9.85 Å². The maximum Gasteiger partial charge on any atom is 0.276 e. The lowest BCUT2D eigenvalue weighted by molar-refractivity contribution is -0.394. The van der Waals surface area contributed by atoms with Crippen molar-refractivity contribution in [3.63, 3.8) is 0 Å². The Morgan fingerprint density at radius 3 is 1.58 bits per heavy atom. The second-order valence-electron chi connectivity index (χ2n) is 3.37. The first-order valence-electron chi connectivity index (χ1n) is 5.13. The molecule has 0 bridgehead atoms. The van der Waals surface area contributed by atoms with Crippen molar-refractivity contribution in [3.05, 3.63) is 74.8 Å². The number of aromatic hydroxyl groups is 1. The Morgan fingerprint density at radius 2 is 1.26 bits per heavy atom. The molecule has 0 amide bonds. The molecular formula is C12H10N2O5. The van der Waals surface area contributed by atoms with Gasteiger partial charge in [-0.2, -0.15) is 0 Å². The molecule has 19 heavy (non-hydrogen) atoms. The summed E-state index contributed by atoms with van der Waals surface area (Å²) in [5.74, 6) is 0.322. The zero-order chi connectivity index (χ0) is 14.3. The molecule has 0 radical (unpaired) electrons. The summed E-state index contributed by atoms with van der Waals surface area (Å²) >= 11 is 0. The maximum atomic E-state index is 10.2. The number of benzene rings is 2. The van der Waals surface area contributed by atoms with Gasteiger partial charge in [0.1, 0.15) is 5.75 Å². The van der Waals surface area contributed by atoms with Crippen LogP contribution >= 0.6 is 0 Å². The third-order valence-corrected chi connectivity index (χ3v) is 2.01. The summed E-state index contributed by atoms with van der Waals surface area (Å²) in [5, 5.41) is 28.9. The molecule has 0 saturated carbocycles. The Morgan fingerprint density at radius 1 is 0.789 bits per heavy atom. The van der Waals surface area contributed by atoms with E-state index in [2.05, 4.69) is 0 Å². The van der Waals surface area contributed by atoms with Gasteiger partial charge in [0.15, 0.2) is 0 Å². The molecule has 0 aromatic heterocycles. The molecular weight excluding hydrogens is 252 g/mol. The van der Waals surface area contributed by atoms with Gasteiger partial charge in [0.05, 0.1) is 15.9 Å². The monoisotopic (exact) mass is 262 g/mol. The minimum atomic E-state index is -0.674. The summed E-state index contributed by atoms with van der Waals surface area (Å²) < 4.78 is 0. The predicted octanol–water partition coefficient (Wildman–Crippen LogP) is 2.90. The summed E-state index contributed by atoms with van der Waals surface area (Å²) in [6, 6.07) is 13.3. The molecule has 0 atom stereocenters. The molecule has 0 spiro atoms. The summed E-state index contributed by atoms with van der Waals surface area (Å²) in [5.41, 5.74) is -0.548. The molecule has 0 aliphatic rings. The van der Waals surface area contributed by atoms with Crippen molar-refractivity contribution >= 4 is 11.4 Å². The van der Waals surface area contributed by atoms with Gasteiger partial charge in [-0.1, -0.05) is 18.2 Å². The largest absolute Gasteiger partial charge is 0.508 e. The zero-order valence-corrected chi connectivity index (χ0v) is 9.67. The minimum Gasteiger partial charge on any atom is -0.508 e. The van der Waals surface area contributed by atoms with E-state index in [4.69, 9.17) is 5.11 Å². The molecule has 0 saturated heterocycles. The fraction of sp³-hybridized carbons (Fsp3) is 0. The van der Waals surface area contributed by atoms with Crippen molar-refractivity contribution in [2.75, 3.05) is 0 Å². The van der Waals surface area contributed by atoms with Crippen LogP contribution in [-0.2, 0) is 0 Å². The van der Waals surface area contributed by atoms with E-state index in [1.165, 1.54) is 18.2 Å². The van der Waals surface area contributed by atoms with Gasteiger partial charge >= 0.3 is 0 Å². The molecule has 2 aromatic rings. The molecule has 0 fully saturated rings. The van der Waals surface area contributed by atoms with Crippen molar-refractivity contribution in [1.82, 2.24) is 0 Å². The lowest BCUT2D eigenvalue weighted by Crippen LogP contribution is -1.91. The molecule has 1 N–H and O–H groups in total. The zero-order valence-electron chi connectivity index (χ0n) is 9.67. The molecule has 98 valence electrons. The molecule has 2 aromatic carbocycles. The van der Waals surface area contributed by atoms with E-state index >= 15 is 0 Å². The summed E-state index contributed by atoms with van der Waals surface area (Å²) in [6.07, 6.45) is 0. The van der Waals surface area contributed by atoms with E-state index in [0.29, 0.717) is 5.75 Å². The van der Waals surface area contributed by atoms with Crippen molar-refractivity contribution in [2.45, 2.75) is 0 Å². The number of nitro benzene ring substituents is 2. The smallest absolute Gasteiger partial charge is 0.276 e. The van der Waals surface area contributed by atoms with Gasteiger partial charge < -0.3 is 5.11 Å². The lowest BCUT2D eigenvalue weighted by Gasteiger charge is -1.90. The topological polar surface area (TPSA) is 107 Å². The fourth-order valence-corrected chi connectivity index (χ4v) is 1.15. The average Bonchev–Trinajstić information content (AvgIpc) is 2.40. The molecule has 0 unspecified atom stereocenters. The van der Waals surface area contributed by atoms with E-state index in [1.807, 2.05) is 6.07 Å². The molecule has 7 heteroatoms. The number of hydrogen-bond donors (Lipinski definition) is 1. The van der Waals surface area contributed by atoms with Gasteiger partial charge in [-0.05, 0) is 18.2 Å². The Balaban J connectivity index is 0.000000218. The number of rotatable bonds is 2. The quantitative estimate of drug-likeness (QED) is 0.661. The summed E-state index contributed by atoms with van der Waals surface area (Å²) in [6.45, 7) is 0. The van der Waals surface area contributed by atoms with Crippen LogP contribution in [0.4, 0.5) is 11.4 Å². The van der Waals surface area contributed by atoms with Crippen LogP contribution in [0.3, 0.4) is 0 Å². The first-order chi connectivity index (χ1) is 9.00. The van der Waals surface area contributed by atoms with E-state index in [0.717, 1.165) is 6.07 Å². The van der Waals surface area contributed by atoms with Crippen LogP contribution in [0, 0.1) is 20.2 Å². The van der Waals surface area contributed by atoms with Crippen molar-refractivity contribution in [2.24, 2.45) is 0 Å². The molecule has 0 heterocycles. The first kappa shape index (κ1) is 14.1. The highest BCUT2D eigenvalue weighted by molar-refractivity contribution is 5.42. The van der Waals surface area contributed by atoms with E-state index in [9.17, 15) is 20.2 Å². The third kappa shape index (κ3) is 4.82. The van der Waals surface area contributed by atoms with Crippen LogP contribution in [0.25, 0.3) is 0 Å². The van der Waals surface area contributed by atoms with Gasteiger partial charge in [0.25, 0.3) is 11.4 Å². The fourth-order valence-electron chi connectivity index (χ4n) is 1.15. The average molecular weight is 262 g/mol. The second-order valence-corrected chi connectivity index (χ2v) is 3.37. The first-order valence-corrected chi connectivity index (χ1v) is 5.13. The van der Waals surface area contributed by atoms with Gasteiger partial charge in [0.2, 0.25) is 0 Å². The number of non-ortho nitro benzene ring substituents is 2. The highest BCUT2D eigenvalue weighted by atomic mass is 16.6. The van der Waals surface area contributed by atoms with Crippen molar-refractivity contribution < 1.29 is 15.0 Å². The van der Waals surface area contributed by atoms with Gasteiger partial charge in [-0.3, -0.25) is 20.2 Å². The predicted molar refractivity (Wildman–Crippen MR) is 67.9 cm³/mol. The lowest BCUT2D eigenvalue weighted by atomic mass is 10.3.